The Morgan fingerprint density at radius 2 is 0.789 bits per heavy atom. The van der Waals surface area contributed by atoms with Crippen LogP contribution < -0.4 is 4.90 Å². The molecule has 1 atom stereocenters. The van der Waals surface area contributed by atoms with Crippen molar-refractivity contribution in [3.63, 3.8) is 0 Å². The maximum atomic E-state index is 2.54. The van der Waals surface area contributed by atoms with Crippen LogP contribution in [0.15, 0.2) is 267 Å². The lowest BCUT2D eigenvalue weighted by atomic mass is 9.65. The zero-order valence-electron chi connectivity index (χ0n) is 38.8. The van der Waals surface area contributed by atoms with Crippen LogP contribution in [0.3, 0.4) is 0 Å². The summed E-state index contributed by atoms with van der Waals surface area (Å²) in [6, 6.07) is 99.3. The number of aromatic nitrogens is 1. The Kier molecular flexibility index (Phi) is 8.61. The summed E-state index contributed by atoms with van der Waals surface area (Å²) in [5, 5.41) is 7.51. The van der Waals surface area contributed by atoms with Gasteiger partial charge in [0.25, 0.3) is 0 Å². The lowest BCUT2D eigenvalue weighted by Crippen LogP contribution is -2.33. The molecule has 0 saturated carbocycles. The number of benzene rings is 12. The van der Waals surface area contributed by atoms with Crippen molar-refractivity contribution in [3.8, 4) is 50.2 Å². The topological polar surface area (TPSA) is 8.17 Å². The van der Waals surface area contributed by atoms with Crippen LogP contribution in [0.4, 0.5) is 17.1 Å². The van der Waals surface area contributed by atoms with Crippen LogP contribution in [-0.4, -0.2) is 4.57 Å². The molecule has 0 radical (unpaired) electrons. The lowest BCUT2D eigenvalue weighted by molar-refractivity contribution is 0.748. The van der Waals surface area contributed by atoms with Gasteiger partial charge in [-0.2, -0.15) is 0 Å². The van der Waals surface area contributed by atoms with Crippen LogP contribution in [0, 0.1) is 0 Å². The number of para-hydroxylation sites is 4. The number of hydrogen-bond donors (Lipinski definition) is 0. The Morgan fingerprint density at radius 1 is 0.296 bits per heavy atom. The van der Waals surface area contributed by atoms with Gasteiger partial charge in [-0.25, -0.2) is 0 Å². The maximum Gasteiger partial charge on any atom is 0.0755 e. The van der Waals surface area contributed by atoms with E-state index in [9.17, 15) is 0 Å². The average molecular weight is 901 g/mol. The van der Waals surface area contributed by atoms with Crippen molar-refractivity contribution in [2.75, 3.05) is 4.90 Å². The summed E-state index contributed by atoms with van der Waals surface area (Å²) in [7, 11) is 0. The fourth-order valence-electron chi connectivity index (χ4n) is 12.8. The monoisotopic (exact) mass is 900 g/mol. The van der Waals surface area contributed by atoms with E-state index in [1.807, 2.05) is 0 Å². The van der Waals surface area contributed by atoms with Crippen molar-refractivity contribution in [2.24, 2.45) is 0 Å². The summed E-state index contributed by atoms with van der Waals surface area (Å²) in [5.74, 6) is 0. The fraction of sp³-hybridized carbons (Fsp3) is 0.0145. The van der Waals surface area contributed by atoms with E-state index in [1.165, 1.54) is 110 Å². The molecule has 0 amide bonds. The Hall–Kier alpha value is -9.24. The van der Waals surface area contributed by atoms with E-state index >= 15 is 0 Å². The van der Waals surface area contributed by atoms with Gasteiger partial charge in [0, 0.05) is 27.6 Å². The van der Waals surface area contributed by atoms with Gasteiger partial charge in [0.1, 0.15) is 0 Å². The molecule has 1 unspecified atom stereocenters. The molecule has 1 spiro atoms. The molecule has 2 heteroatoms. The van der Waals surface area contributed by atoms with E-state index in [4.69, 9.17) is 0 Å². The second-order valence-corrected chi connectivity index (χ2v) is 19.1. The third-order valence-electron chi connectivity index (χ3n) is 15.6. The van der Waals surface area contributed by atoms with Gasteiger partial charge < -0.3 is 9.47 Å². The number of anilines is 3. The first-order chi connectivity index (χ1) is 35.3. The zero-order valence-corrected chi connectivity index (χ0v) is 38.8. The molecule has 2 nitrogen and oxygen atoms in total. The normalized spacial score (nSPS) is 14.3. The first-order valence-corrected chi connectivity index (χ1v) is 24.7. The zero-order chi connectivity index (χ0) is 46.6. The molecule has 0 saturated heterocycles. The summed E-state index contributed by atoms with van der Waals surface area (Å²) in [6.45, 7) is 0. The van der Waals surface area contributed by atoms with Gasteiger partial charge in [-0.15, -0.1) is 0 Å². The Morgan fingerprint density at radius 3 is 1.58 bits per heavy atom. The number of nitrogens with zero attached hydrogens (tertiary/aromatic N) is 2. The SMILES string of the molecule is c1ccc(-c2cccc3ccccc23)c(-c2ccccc2N(c2ccc(-c3cccc4ccccc34)cc2)c2cccc3c2-c2ccccc2C32c3ccccc3-n3c4ccccc4c4cccc2c43)c1. The van der Waals surface area contributed by atoms with Gasteiger partial charge in [-0.05, 0) is 114 Å². The molecule has 1 aromatic heterocycles. The highest BCUT2D eigenvalue weighted by Gasteiger charge is 2.51. The van der Waals surface area contributed by atoms with E-state index in [1.54, 1.807) is 0 Å². The molecule has 0 bridgehead atoms. The Bertz CT molecular complexity index is 4300. The van der Waals surface area contributed by atoms with Crippen molar-refractivity contribution in [1.29, 1.82) is 0 Å². The Balaban J connectivity index is 1.02. The van der Waals surface area contributed by atoms with Crippen LogP contribution in [0.25, 0.3) is 93.5 Å². The van der Waals surface area contributed by atoms with Gasteiger partial charge in [-0.3, -0.25) is 0 Å². The molecule has 1 aliphatic heterocycles. The lowest BCUT2D eigenvalue weighted by Gasteiger charge is -2.39. The minimum Gasteiger partial charge on any atom is -0.309 e. The maximum absolute atomic E-state index is 2.54. The predicted octanol–water partition coefficient (Wildman–Crippen LogP) is 18.2. The molecule has 15 rings (SSSR count). The molecule has 1 aliphatic carbocycles. The molecule has 71 heavy (non-hydrogen) atoms. The summed E-state index contributed by atoms with van der Waals surface area (Å²) in [5.41, 5.74) is 21.3. The number of fused-ring (bicyclic) bond motifs is 14. The first-order valence-electron chi connectivity index (χ1n) is 24.7. The molecule has 2 aliphatic rings. The minimum atomic E-state index is -0.590. The average Bonchev–Trinajstić information content (AvgIpc) is 3.95. The molecule has 2 heterocycles. The van der Waals surface area contributed by atoms with Crippen molar-refractivity contribution < 1.29 is 0 Å². The summed E-state index contributed by atoms with van der Waals surface area (Å²) in [4.78, 5) is 2.54. The second kappa shape index (κ2) is 15.4. The quantitative estimate of drug-likeness (QED) is 0.161. The van der Waals surface area contributed by atoms with Crippen molar-refractivity contribution >= 4 is 60.4 Å². The highest BCUT2D eigenvalue weighted by atomic mass is 15.1. The molecule has 0 N–H and O–H groups in total. The van der Waals surface area contributed by atoms with Crippen LogP contribution in [0.5, 0.6) is 0 Å². The largest absolute Gasteiger partial charge is 0.309 e. The predicted molar refractivity (Wildman–Crippen MR) is 298 cm³/mol. The van der Waals surface area contributed by atoms with Gasteiger partial charge in [0.15, 0.2) is 0 Å². The third-order valence-corrected chi connectivity index (χ3v) is 15.6. The third kappa shape index (κ3) is 5.59. The summed E-state index contributed by atoms with van der Waals surface area (Å²) < 4.78 is 2.53. The van der Waals surface area contributed by atoms with E-state index in [0.717, 1.165) is 22.6 Å². The molecular formula is C69H44N2. The van der Waals surface area contributed by atoms with E-state index in [-0.39, 0.29) is 0 Å². The van der Waals surface area contributed by atoms with Gasteiger partial charge >= 0.3 is 0 Å². The molecule has 0 fully saturated rings. The fourth-order valence-corrected chi connectivity index (χ4v) is 12.8. The number of hydrogen-bond acceptors (Lipinski definition) is 1. The van der Waals surface area contributed by atoms with Gasteiger partial charge in [0.2, 0.25) is 0 Å². The van der Waals surface area contributed by atoms with Crippen LogP contribution in [0.1, 0.15) is 22.3 Å². The second-order valence-electron chi connectivity index (χ2n) is 19.1. The van der Waals surface area contributed by atoms with Crippen molar-refractivity contribution in [2.45, 2.75) is 5.41 Å². The van der Waals surface area contributed by atoms with E-state index in [2.05, 4.69) is 276 Å². The smallest absolute Gasteiger partial charge is 0.0755 e. The summed E-state index contributed by atoms with van der Waals surface area (Å²) >= 11 is 0. The van der Waals surface area contributed by atoms with E-state index < -0.39 is 5.41 Å². The van der Waals surface area contributed by atoms with Crippen LogP contribution in [0.2, 0.25) is 0 Å². The summed E-state index contributed by atoms with van der Waals surface area (Å²) in [6.07, 6.45) is 0. The molecule has 13 aromatic rings. The molecule has 12 aromatic carbocycles. The standard InChI is InChI=1S/C69H44N2/c1-3-23-49-45(19-1)21-15-30-50(49)47-41-43-48(44-42-47)70(63-37-12-8-27-55(63)54-26-6-5-25-53(54)52-31-16-22-46-20-2-4-24-51(46)52)66-40-18-35-61-67(66)58-29-7-10-33-59(58)69(61)60-34-11-14-39-65(60)71-64-38-13-9-28-56(64)57-32-17-36-62(69)68(57)71/h1-44H. The van der Waals surface area contributed by atoms with Crippen LogP contribution >= 0.6 is 0 Å². The van der Waals surface area contributed by atoms with Gasteiger partial charge in [0.05, 0.1) is 33.5 Å². The minimum absolute atomic E-state index is 0.590. The molecule has 330 valence electrons. The highest BCUT2D eigenvalue weighted by Crippen LogP contribution is 2.63. The van der Waals surface area contributed by atoms with Gasteiger partial charge in [-0.1, -0.05) is 231 Å². The molecular weight excluding hydrogens is 857 g/mol. The van der Waals surface area contributed by atoms with Crippen molar-refractivity contribution in [1.82, 2.24) is 4.57 Å². The van der Waals surface area contributed by atoms with Crippen molar-refractivity contribution in [3.05, 3.63) is 289 Å². The number of rotatable bonds is 6. The Labute approximate surface area is 412 Å². The first kappa shape index (κ1) is 39.7. The van der Waals surface area contributed by atoms with Crippen LogP contribution in [-0.2, 0) is 5.41 Å². The highest BCUT2D eigenvalue weighted by molar-refractivity contribution is 6.13. The van der Waals surface area contributed by atoms with E-state index in [0.29, 0.717) is 0 Å².